The number of fused-ring (bicyclic) bond motifs is 4. The van der Waals surface area contributed by atoms with Crippen LogP contribution in [0.3, 0.4) is 0 Å². The van der Waals surface area contributed by atoms with E-state index in [0.29, 0.717) is 27.5 Å². The van der Waals surface area contributed by atoms with Crippen molar-refractivity contribution in [2.45, 2.75) is 38.7 Å². The van der Waals surface area contributed by atoms with Crippen LogP contribution in [0.2, 0.25) is 0 Å². The van der Waals surface area contributed by atoms with Crippen molar-refractivity contribution < 1.29 is 19.1 Å². The van der Waals surface area contributed by atoms with E-state index in [-0.39, 0.29) is 17.5 Å². The lowest BCUT2D eigenvalue weighted by Crippen LogP contribution is -2.32. The molecule has 0 aliphatic carbocycles. The average molecular weight is 338 g/mol. The van der Waals surface area contributed by atoms with Crippen LogP contribution in [-0.2, 0) is 17.6 Å². The van der Waals surface area contributed by atoms with Gasteiger partial charge in [0.2, 0.25) is 5.43 Å². The zero-order chi connectivity index (χ0) is 17.8. The Balaban J connectivity index is 2.05. The summed E-state index contributed by atoms with van der Waals surface area (Å²) in [6.07, 6.45) is 1.37. The predicted octanol–water partition coefficient (Wildman–Crippen LogP) is 3.68. The maximum atomic E-state index is 12.9. The summed E-state index contributed by atoms with van der Waals surface area (Å²) >= 11 is 0. The number of hydrogen-bond donors (Lipinski definition) is 1. The molecule has 4 rings (SSSR count). The van der Waals surface area contributed by atoms with Gasteiger partial charge in [0.25, 0.3) is 0 Å². The minimum atomic E-state index is -0.963. The van der Waals surface area contributed by atoms with Crippen LogP contribution in [0, 0.1) is 0 Å². The van der Waals surface area contributed by atoms with Gasteiger partial charge in [-0.3, -0.25) is 9.59 Å². The van der Waals surface area contributed by atoms with Crippen molar-refractivity contribution >= 4 is 27.9 Å². The molecule has 2 aromatic carbocycles. The molecule has 0 radical (unpaired) electrons. The fourth-order valence-electron chi connectivity index (χ4n) is 3.45. The van der Waals surface area contributed by atoms with Gasteiger partial charge in [0, 0.05) is 11.1 Å². The van der Waals surface area contributed by atoms with E-state index in [1.54, 1.807) is 24.3 Å². The molecule has 3 aromatic rings. The van der Waals surface area contributed by atoms with Crippen molar-refractivity contribution in [2.24, 2.45) is 0 Å². The smallest absolute Gasteiger partial charge is 0.307 e. The number of carboxylic acid groups (broad SMARTS) is 1. The van der Waals surface area contributed by atoms with Crippen LogP contribution in [0.4, 0.5) is 0 Å². The molecular weight excluding hydrogens is 320 g/mol. The molecular formula is C20H18O5. The van der Waals surface area contributed by atoms with Gasteiger partial charge < -0.3 is 14.3 Å². The number of ether oxygens (including phenoxy) is 1. The number of aliphatic carboxylic acids is 1. The summed E-state index contributed by atoms with van der Waals surface area (Å²) in [4.78, 5) is 24.0. The van der Waals surface area contributed by atoms with E-state index in [1.807, 2.05) is 19.9 Å². The topological polar surface area (TPSA) is 76.7 Å². The highest BCUT2D eigenvalue weighted by Crippen LogP contribution is 2.38. The Labute approximate surface area is 143 Å². The number of carbonyl (C=O) groups is 1. The van der Waals surface area contributed by atoms with Crippen LogP contribution >= 0.6 is 0 Å². The van der Waals surface area contributed by atoms with Crippen LogP contribution in [0.1, 0.15) is 31.4 Å². The van der Waals surface area contributed by atoms with Crippen LogP contribution in [0.15, 0.2) is 39.5 Å². The van der Waals surface area contributed by atoms with Gasteiger partial charge in [-0.2, -0.15) is 0 Å². The lowest BCUT2D eigenvalue weighted by molar-refractivity contribution is -0.136. The van der Waals surface area contributed by atoms with Crippen molar-refractivity contribution in [1.29, 1.82) is 0 Å². The highest BCUT2D eigenvalue weighted by molar-refractivity contribution is 5.94. The van der Waals surface area contributed by atoms with E-state index in [1.165, 1.54) is 0 Å². The fourth-order valence-corrected chi connectivity index (χ4v) is 3.45. The molecule has 0 unspecified atom stereocenters. The van der Waals surface area contributed by atoms with Gasteiger partial charge in [0.15, 0.2) is 0 Å². The summed E-state index contributed by atoms with van der Waals surface area (Å²) < 4.78 is 12.1. The van der Waals surface area contributed by atoms with Gasteiger partial charge in [-0.1, -0.05) is 12.1 Å². The van der Waals surface area contributed by atoms with Crippen molar-refractivity contribution in [1.82, 2.24) is 0 Å². The summed E-state index contributed by atoms with van der Waals surface area (Å²) in [5, 5.41) is 10.0. The minimum absolute atomic E-state index is 0.142. The van der Waals surface area contributed by atoms with Gasteiger partial charge in [-0.15, -0.1) is 0 Å². The summed E-state index contributed by atoms with van der Waals surface area (Å²) in [7, 11) is 0. The maximum Gasteiger partial charge on any atom is 0.307 e. The molecule has 1 aliphatic rings. The van der Waals surface area contributed by atoms with Crippen LogP contribution in [-0.4, -0.2) is 16.7 Å². The average Bonchev–Trinajstić information content (AvgIpc) is 2.54. The molecule has 2 heterocycles. The first-order chi connectivity index (χ1) is 11.9. The lowest BCUT2D eigenvalue weighted by Gasteiger charge is -2.32. The Morgan fingerprint density at radius 3 is 2.68 bits per heavy atom. The highest BCUT2D eigenvalue weighted by Gasteiger charge is 2.29. The molecule has 0 amide bonds. The largest absolute Gasteiger partial charge is 0.487 e. The molecule has 5 heteroatoms. The Morgan fingerprint density at radius 2 is 1.92 bits per heavy atom. The number of rotatable bonds is 2. The predicted molar refractivity (Wildman–Crippen MR) is 94.4 cm³/mol. The summed E-state index contributed by atoms with van der Waals surface area (Å²) in [5.41, 5.74) is 1.83. The Hall–Kier alpha value is -2.82. The normalized spacial score (nSPS) is 15.8. The molecule has 0 fully saturated rings. The number of hydrogen-bond acceptors (Lipinski definition) is 4. The SMILES string of the molecule is CC1(C)CCc2c(ccc3c(=O)c4cccc(CC(=O)O)c4oc23)O1. The number of aryl methyl sites for hydroxylation is 1. The van der Waals surface area contributed by atoms with Gasteiger partial charge in [0.05, 0.1) is 17.2 Å². The van der Waals surface area contributed by atoms with Crippen LogP contribution in [0.25, 0.3) is 21.9 Å². The van der Waals surface area contributed by atoms with Crippen LogP contribution < -0.4 is 10.2 Å². The summed E-state index contributed by atoms with van der Waals surface area (Å²) in [6, 6.07) is 8.59. The van der Waals surface area contributed by atoms with Crippen molar-refractivity contribution in [3.05, 3.63) is 51.7 Å². The quantitative estimate of drug-likeness (QED) is 0.721. The molecule has 25 heavy (non-hydrogen) atoms. The fraction of sp³-hybridized carbons (Fsp3) is 0.300. The van der Waals surface area contributed by atoms with Crippen molar-refractivity contribution in [3.8, 4) is 5.75 Å². The molecule has 1 N–H and O–H groups in total. The van der Waals surface area contributed by atoms with E-state index in [0.717, 1.165) is 24.2 Å². The van der Waals surface area contributed by atoms with Crippen molar-refractivity contribution in [2.75, 3.05) is 0 Å². The van der Waals surface area contributed by atoms with E-state index in [4.69, 9.17) is 14.3 Å². The number of para-hydroxylation sites is 1. The highest BCUT2D eigenvalue weighted by atomic mass is 16.5. The molecule has 5 nitrogen and oxygen atoms in total. The Bertz CT molecular complexity index is 1070. The molecule has 0 saturated carbocycles. The van der Waals surface area contributed by atoms with E-state index >= 15 is 0 Å². The zero-order valence-corrected chi connectivity index (χ0v) is 14.1. The van der Waals surface area contributed by atoms with Gasteiger partial charge in [0.1, 0.15) is 22.5 Å². The van der Waals surface area contributed by atoms with E-state index in [2.05, 4.69) is 0 Å². The molecule has 0 atom stereocenters. The Kier molecular flexibility index (Phi) is 3.35. The second-order valence-corrected chi connectivity index (χ2v) is 7.08. The van der Waals surface area contributed by atoms with Gasteiger partial charge >= 0.3 is 5.97 Å². The van der Waals surface area contributed by atoms with Crippen molar-refractivity contribution in [3.63, 3.8) is 0 Å². The molecule has 128 valence electrons. The standard InChI is InChI=1S/C20H18O5/c1-20(2)9-8-12-15(25-20)7-6-14-17(23)13-5-3-4-11(10-16(21)22)18(13)24-19(12)14/h3-7H,8-10H2,1-2H3,(H,21,22). The molecule has 0 bridgehead atoms. The second-order valence-electron chi connectivity index (χ2n) is 7.08. The van der Waals surface area contributed by atoms with E-state index in [9.17, 15) is 9.59 Å². The third-order valence-corrected chi connectivity index (χ3v) is 4.71. The zero-order valence-electron chi connectivity index (χ0n) is 14.1. The number of benzene rings is 2. The Morgan fingerprint density at radius 1 is 1.16 bits per heavy atom. The first-order valence-corrected chi connectivity index (χ1v) is 8.27. The minimum Gasteiger partial charge on any atom is -0.487 e. The molecule has 1 aromatic heterocycles. The first kappa shape index (κ1) is 15.7. The third-order valence-electron chi connectivity index (χ3n) is 4.71. The second kappa shape index (κ2) is 5.34. The van der Waals surface area contributed by atoms with Gasteiger partial charge in [-0.25, -0.2) is 0 Å². The first-order valence-electron chi connectivity index (χ1n) is 8.27. The third kappa shape index (κ3) is 2.56. The van der Waals surface area contributed by atoms with Gasteiger partial charge in [-0.05, 0) is 44.9 Å². The lowest BCUT2D eigenvalue weighted by atomic mass is 9.93. The summed E-state index contributed by atoms with van der Waals surface area (Å²) in [6.45, 7) is 4.06. The molecule has 1 aliphatic heterocycles. The van der Waals surface area contributed by atoms with E-state index < -0.39 is 5.97 Å². The van der Waals surface area contributed by atoms with Crippen LogP contribution in [0.5, 0.6) is 5.75 Å². The monoisotopic (exact) mass is 338 g/mol. The molecule has 0 saturated heterocycles. The number of carboxylic acids is 1. The summed E-state index contributed by atoms with van der Waals surface area (Å²) in [5.74, 6) is -0.239. The maximum absolute atomic E-state index is 12.9. The molecule has 0 spiro atoms.